The van der Waals surface area contributed by atoms with Gasteiger partial charge in [-0.2, -0.15) is 5.10 Å². The predicted molar refractivity (Wildman–Crippen MR) is 84.1 cm³/mol. The molecule has 0 saturated heterocycles. The third-order valence-corrected chi connectivity index (χ3v) is 3.28. The smallest absolute Gasteiger partial charge is 0.272 e. The summed E-state index contributed by atoms with van der Waals surface area (Å²) in [6.07, 6.45) is 1.17. The highest BCUT2D eigenvalue weighted by Gasteiger charge is 2.10. The maximum atomic E-state index is 11.9. The van der Waals surface area contributed by atoms with Crippen molar-refractivity contribution in [3.05, 3.63) is 67.7 Å². The first kappa shape index (κ1) is 16.7. The Morgan fingerprint density at radius 2 is 1.96 bits per heavy atom. The van der Waals surface area contributed by atoms with Crippen molar-refractivity contribution in [2.75, 3.05) is 0 Å². The fourth-order valence-electron chi connectivity index (χ4n) is 1.66. The number of hydrogen-bond acceptors (Lipinski definition) is 5. The number of carbonyl (C=O) groups is 1. The van der Waals surface area contributed by atoms with Gasteiger partial charge in [0.25, 0.3) is 11.6 Å². The SMILES string of the molecule is O=C(NN=Cc1ccc([O-])c([N+](=O)[O-])c1)c1ccc(Cl)cc1Cl. The predicted octanol–water partition coefficient (Wildman–Crippen LogP) is 2.74. The van der Waals surface area contributed by atoms with Crippen molar-refractivity contribution in [1.82, 2.24) is 5.43 Å². The lowest BCUT2D eigenvalue weighted by molar-refractivity contribution is -0.398. The van der Waals surface area contributed by atoms with Crippen LogP contribution in [-0.4, -0.2) is 17.0 Å². The summed E-state index contributed by atoms with van der Waals surface area (Å²) in [5, 5.41) is 26.2. The Balaban J connectivity index is 2.11. The van der Waals surface area contributed by atoms with Crippen LogP contribution in [0.1, 0.15) is 15.9 Å². The largest absolute Gasteiger partial charge is 0.868 e. The molecular weight excluding hydrogens is 345 g/mol. The summed E-state index contributed by atoms with van der Waals surface area (Å²) in [6, 6.07) is 7.82. The van der Waals surface area contributed by atoms with Crippen LogP contribution < -0.4 is 10.5 Å². The highest BCUT2D eigenvalue weighted by atomic mass is 35.5. The summed E-state index contributed by atoms with van der Waals surface area (Å²) in [4.78, 5) is 21.8. The van der Waals surface area contributed by atoms with Gasteiger partial charge in [-0.3, -0.25) is 14.9 Å². The van der Waals surface area contributed by atoms with Crippen LogP contribution in [-0.2, 0) is 0 Å². The molecule has 0 fully saturated rings. The van der Waals surface area contributed by atoms with Gasteiger partial charge in [0.05, 0.1) is 21.7 Å². The van der Waals surface area contributed by atoms with Crippen LogP contribution in [0, 0.1) is 10.1 Å². The molecular formula is C14H8Cl2N3O4-. The fraction of sp³-hybridized carbons (Fsp3) is 0. The van der Waals surface area contributed by atoms with Crippen LogP contribution in [0.3, 0.4) is 0 Å². The number of amides is 1. The van der Waals surface area contributed by atoms with Crippen molar-refractivity contribution < 1.29 is 14.8 Å². The van der Waals surface area contributed by atoms with Crippen LogP contribution in [0.4, 0.5) is 5.69 Å². The summed E-state index contributed by atoms with van der Waals surface area (Å²) in [6.45, 7) is 0. The van der Waals surface area contributed by atoms with Gasteiger partial charge in [-0.25, -0.2) is 5.43 Å². The molecule has 0 atom stereocenters. The lowest BCUT2D eigenvalue weighted by Crippen LogP contribution is -2.18. The fourth-order valence-corrected chi connectivity index (χ4v) is 2.15. The minimum atomic E-state index is -0.786. The standard InChI is InChI=1S/C14H9Cl2N3O4/c15-9-2-3-10(11(16)6-9)14(21)18-17-7-8-1-4-13(20)12(5-8)19(22)23/h1-7,20H,(H,18,21)/p-1. The Morgan fingerprint density at radius 3 is 2.61 bits per heavy atom. The number of nitro groups is 1. The van der Waals surface area contributed by atoms with Crippen LogP contribution >= 0.6 is 23.2 Å². The molecule has 0 bridgehead atoms. The molecule has 7 nitrogen and oxygen atoms in total. The van der Waals surface area contributed by atoms with E-state index in [0.717, 1.165) is 12.1 Å². The number of rotatable bonds is 4. The summed E-state index contributed by atoms with van der Waals surface area (Å²) in [5.41, 5.74) is 2.12. The highest BCUT2D eigenvalue weighted by Crippen LogP contribution is 2.23. The Labute approximate surface area is 140 Å². The second-order valence-electron chi connectivity index (χ2n) is 4.31. The van der Waals surface area contributed by atoms with Crippen molar-refractivity contribution in [3.8, 4) is 5.75 Å². The summed E-state index contributed by atoms with van der Waals surface area (Å²) >= 11 is 11.6. The number of carbonyl (C=O) groups excluding carboxylic acids is 1. The maximum absolute atomic E-state index is 11.9. The Kier molecular flexibility index (Phi) is 5.15. The highest BCUT2D eigenvalue weighted by molar-refractivity contribution is 6.36. The van der Waals surface area contributed by atoms with Crippen molar-refractivity contribution in [2.45, 2.75) is 0 Å². The molecule has 0 aromatic heterocycles. The van der Waals surface area contributed by atoms with E-state index in [0.29, 0.717) is 10.6 Å². The molecule has 0 saturated carbocycles. The first-order valence-corrected chi connectivity index (χ1v) is 6.88. The van der Waals surface area contributed by atoms with Gasteiger partial charge in [0, 0.05) is 16.7 Å². The third-order valence-electron chi connectivity index (χ3n) is 2.74. The summed E-state index contributed by atoms with van der Waals surface area (Å²) in [5.74, 6) is -1.28. The zero-order chi connectivity index (χ0) is 17.0. The van der Waals surface area contributed by atoms with E-state index in [4.69, 9.17) is 23.2 Å². The summed E-state index contributed by atoms with van der Waals surface area (Å²) < 4.78 is 0. The molecule has 0 aliphatic heterocycles. The monoisotopic (exact) mass is 352 g/mol. The number of nitrogens with one attached hydrogen (secondary N) is 1. The van der Waals surface area contributed by atoms with Gasteiger partial charge in [-0.15, -0.1) is 0 Å². The number of nitro benzene ring substituents is 1. The van der Waals surface area contributed by atoms with E-state index in [-0.39, 0.29) is 10.6 Å². The number of nitrogens with zero attached hydrogens (tertiary/aromatic N) is 2. The van der Waals surface area contributed by atoms with E-state index >= 15 is 0 Å². The average Bonchev–Trinajstić information content (AvgIpc) is 2.48. The molecule has 2 rings (SSSR count). The molecule has 1 N–H and O–H groups in total. The molecule has 2 aromatic rings. The number of benzene rings is 2. The summed E-state index contributed by atoms with van der Waals surface area (Å²) in [7, 11) is 0. The minimum absolute atomic E-state index is 0.163. The lowest BCUT2D eigenvalue weighted by atomic mass is 10.2. The zero-order valence-electron chi connectivity index (χ0n) is 11.3. The molecule has 9 heteroatoms. The van der Waals surface area contributed by atoms with Gasteiger partial charge in [-0.1, -0.05) is 35.3 Å². The topological polar surface area (TPSA) is 108 Å². The van der Waals surface area contributed by atoms with Crippen molar-refractivity contribution >= 4 is 41.0 Å². The lowest BCUT2D eigenvalue weighted by Gasteiger charge is -2.06. The van der Waals surface area contributed by atoms with E-state index in [1.807, 2.05) is 0 Å². The second kappa shape index (κ2) is 7.08. The Morgan fingerprint density at radius 1 is 1.22 bits per heavy atom. The molecule has 0 unspecified atom stereocenters. The maximum Gasteiger partial charge on any atom is 0.272 e. The normalized spacial score (nSPS) is 10.7. The van der Waals surface area contributed by atoms with Gasteiger partial charge in [-0.05, 0) is 23.9 Å². The van der Waals surface area contributed by atoms with Crippen LogP contribution in [0.5, 0.6) is 5.75 Å². The van der Waals surface area contributed by atoms with Crippen molar-refractivity contribution in [3.63, 3.8) is 0 Å². The molecule has 0 heterocycles. The Hall–Kier alpha value is -2.64. The van der Waals surface area contributed by atoms with Crippen LogP contribution in [0.2, 0.25) is 10.0 Å². The molecule has 0 spiro atoms. The van der Waals surface area contributed by atoms with Crippen LogP contribution in [0.15, 0.2) is 41.5 Å². The van der Waals surface area contributed by atoms with Crippen molar-refractivity contribution in [2.24, 2.45) is 5.10 Å². The van der Waals surface area contributed by atoms with Gasteiger partial charge < -0.3 is 5.11 Å². The molecule has 23 heavy (non-hydrogen) atoms. The average molecular weight is 353 g/mol. The van der Waals surface area contributed by atoms with Crippen LogP contribution in [0.25, 0.3) is 0 Å². The van der Waals surface area contributed by atoms with Gasteiger partial charge in [0.1, 0.15) is 0 Å². The van der Waals surface area contributed by atoms with E-state index in [9.17, 15) is 20.0 Å². The first-order chi connectivity index (χ1) is 10.9. The van der Waals surface area contributed by atoms with E-state index in [1.54, 1.807) is 0 Å². The number of halogens is 2. The quantitative estimate of drug-likeness (QED) is 0.518. The molecule has 0 aliphatic carbocycles. The molecule has 0 aliphatic rings. The van der Waals surface area contributed by atoms with Gasteiger partial charge in [0.2, 0.25) is 0 Å². The molecule has 2 aromatic carbocycles. The third kappa shape index (κ3) is 4.18. The molecule has 0 radical (unpaired) electrons. The van der Waals surface area contributed by atoms with Crippen molar-refractivity contribution in [1.29, 1.82) is 0 Å². The van der Waals surface area contributed by atoms with E-state index in [1.165, 1.54) is 30.5 Å². The van der Waals surface area contributed by atoms with Gasteiger partial charge >= 0.3 is 0 Å². The number of hydrazone groups is 1. The Bertz CT molecular complexity index is 809. The van der Waals surface area contributed by atoms with E-state index < -0.39 is 22.3 Å². The first-order valence-electron chi connectivity index (χ1n) is 6.12. The molecule has 1 amide bonds. The number of hydrogen-bond donors (Lipinski definition) is 1. The second-order valence-corrected chi connectivity index (χ2v) is 5.15. The zero-order valence-corrected chi connectivity index (χ0v) is 12.8. The van der Waals surface area contributed by atoms with E-state index in [2.05, 4.69) is 10.5 Å². The van der Waals surface area contributed by atoms with Gasteiger partial charge in [0.15, 0.2) is 0 Å². The molecule has 118 valence electrons. The minimum Gasteiger partial charge on any atom is -0.868 e.